The van der Waals surface area contributed by atoms with Gasteiger partial charge in [0.05, 0.1) is 6.61 Å². The molecular weight excluding hydrogens is 404 g/mol. The van der Waals surface area contributed by atoms with Crippen molar-refractivity contribution in [2.45, 2.75) is 110 Å². The molecule has 1 aromatic carbocycles. The SMILES string of the molecule is CCCCCCCCc1cnc(-c2ccc(OCCC[C@H]3CC[C@H](CCC)CC3)cc2)nc1. The fourth-order valence-corrected chi connectivity index (χ4v) is 5.22. The lowest BCUT2D eigenvalue weighted by Gasteiger charge is -2.28. The van der Waals surface area contributed by atoms with Crippen molar-refractivity contribution in [2.75, 3.05) is 6.61 Å². The number of unbranched alkanes of at least 4 members (excludes halogenated alkanes) is 5. The number of ether oxygens (including phenoxy) is 1. The Hall–Kier alpha value is -1.90. The molecule has 0 saturated heterocycles. The van der Waals surface area contributed by atoms with Crippen molar-refractivity contribution in [3.05, 3.63) is 42.2 Å². The van der Waals surface area contributed by atoms with Crippen molar-refractivity contribution in [3.63, 3.8) is 0 Å². The average Bonchev–Trinajstić information content (AvgIpc) is 2.86. The molecule has 1 saturated carbocycles. The van der Waals surface area contributed by atoms with Crippen LogP contribution in [0.5, 0.6) is 5.75 Å². The normalized spacial score (nSPS) is 18.4. The molecule has 1 fully saturated rings. The molecule has 0 spiro atoms. The lowest BCUT2D eigenvalue weighted by Crippen LogP contribution is -2.15. The summed E-state index contributed by atoms with van der Waals surface area (Å²) >= 11 is 0. The van der Waals surface area contributed by atoms with Gasteiger partial charge in [-0.1, -0.05) is 84.5 Å². The molecule has 1 heterocycles. The molecule has 0 N–H and O–H groups in total. The monoisotopic (exact) mass is 450 g/mol. The summed E-state index contributed by atoms with van der Waals surface area (Å²) in [5, 5.41) is 0. The van der Waals surface area contributed by atoms with Gasteiger partial charge in [-0.25, -0.2) is 9.97 Å². The summed E-state index contributed by atoms with van der Waals surface area (Å²) in [6, 6.07) is 8.26. The largest absolute Gasteiger partial charge is 0.494 e. The number of rotatable bonds is 15. The van der Waals surface area contributed by atoms with E-state index in [1.54, 1.807) is 0 Å². The molecule has 1 aromatic heterocycles. The molecule has 0 bridgehead atoms. The third-order valence-electron chi connectivity index (χ3n) is 7.33. The van der Waals surface area contributed by atoms with Crippen LogP contribution in [0.15, 0.2) is 36.7 Å². The summed E-state index contributed by atoms with van der Waals surface area (Å²) in [4.78, 5) is 9.20. The Morgan fingerprint density at radius 2 is 1.36 bits per heavy atom. The fraction of sp³-hybridized carbons (Fsp3) is 0.667. The maximum Gasteiger partial charge on any atom is 0.159 e. The smallest absolute Gasteiger partial charge is 0.159 e. The van der Waals surface area contributed by atoms with Gasteiger partial charge in [-0.3, -0.25) is 0 Å². The molecule has 0 amide bonds. The lowest BCUT2D eigenvalue weighted by molar-refractivity contribution is 0.230. The van der Waals surface area contributed by atoms with Gasteiger partial charge in [0.2, 0.25) is 0 Å². The van der Waals surface area contributed by atoms with Gasteiger partial charge in [0.1, 0.15) is 5.75 Å². The average molecular weight is 451 g/mol. The molecule has 182 valence electrons. The van der Waals surface area contributed by atoms with E-state index in [9.17, 15) is 0 Å². The minimum atomic E-state index is 0.798. The van der Waals surface area contributed by atoms with Crippen molar-refractivity contribution >= 4 is 0 Å². The second kappa shape index (κ2) is 15.1. The molecular formula is C30H46N2O. The fourth-order valence-electron chi connectivity index (χ4n) is 5.22. The number of benzene rings is 1. The Balaban J connectivity index is 1.32. The van der Waals surface area contributed by atoms with Crippen molar-refractivity contribution in [2.24, 2.45) is 11.8 Å². The van der Waals surface area contributed by atoms with Crippen LogP contribution in [0.2, 0.25) is 0 Å². The predicted octanol–water partition coefficient (Wildman–Crippen LogP) is 8.81. The van der Waals surface area contributed by atoms with Crippen LogP contribution in [0, 0.1) is 11.8 Å². The van der Waals surface area contributed by atoms with E-state index < -0.39 is 0 Å². The van der Waals surface area contributed by atoms with E-state index in [-0.39, 0.29) is 0 Å². The molecule has 0 atom stereocenters. The van der Waals surface area contributed by atoms with Crippen LogP contribution in [0.1, 0.15) is 109 Å². The second-order valence-electron chi connectivity index (χ2n) is 10.1. The molecule has 0 radical (unpaired) electrons. The second-order valence-corrected chi connectivity index (χ2v) is 10.1. The van der Waals surface area contributed by atoms with Gasteiger partial charge in [0, 0.05) is 18.0 Å². The summed E-state index contributed by atoms with van der Waals surface area (Å²) < 4.78 is 6.01. The molecule has 2 aromatic rings. The van der Waals surface area contributed by atoms with E-state index in [0.717, 1.165) is 48.4 Å². The topological polar surface area (TPSA) is 35.0 Å². The standard InChI is InChI=1S/C30H46N2O/c1-3-5-6-7-8-9-12-27-23-31-30(32-24-27)28-18-20-29(21-19-28)33-22-10-13-26-16-14-25(11-4-2)15-17-26/h18-21,23-26H,3-17,22H2,1-2H3/t25-,26-. The van der Waals surface area contributed by atoms with Gasteiger partial charge in [0.25, 0.3) is 0 Å². The van der Waals surface area contributed by atoms with Crippen LogP contribution >= 0.6 is 0 Å². The van der Waals surface area contributed by atoms with Crippen molar-refractivity contribution in [1.29, 1.82) is 0 Å². The minimum Gasteiger partial charge on any atom is -0.494 e. The number of hydrogen-bond acceptors (Lipinski definition) is 3. The number of aromatic nitrogens is 2. The minimum absolute atomic E-state index is 0.798. The Labute approximate surface area is 202 Å². The molecule has 1 aliphatic rings. The summed E-state index contributed by atoms with van der Waals surface area (Å²) in [7, 11) is 0. The quantitative estimate of drug-likeness (QED) is 0.254. The van der Waals surface area contributed by atoms with Gasteiger partial charge in [-0.15, -0.1) is 0 Å². The highest BCUT2D eigenvalue weighted by atomic mass is 16.5. The van der Waals surface area contributed by atoms with Gasteiger partial charge < -0.3 is 4.74 Å². The number of nitrogens with zero attached hydrogens (tertiary/aromatic N) is 2. The van der Waals surface area contributed by atoms with Crippen molar-refractivity contribution in [1.82, 2.24) is 9.97 Å². The molecule has 0 aliphatic heterocycles. The van der Waals surface area contributed by atoms with E-state index in [0.29, 0.717) is 0 Å². The van der Waals surface area contributed by atoms with Gasteiger partial charge in [-0.2, -0.15) is 0 Å². The number of aryl methyl sites for hydroxylation is 1. The molecule has 33 heavy (non-hydrogen) atoms. The maximum atomic E-state index is 6.01. The molecule has 3 rings (SSSR count). The van der Waals surface area contributed by atoms with E-state index >= 15 is 0 Å². The lowest BCUT2D eigenvalue weighted by atomic mass is 9.78. The van der Waals surface area contributed by atoms with Gasteiger partial charge in [-0.05, 0) is 67.3 Å². The van der Waals surface area contributed by atoms with Crippen molar-refractivity contribution in [3.8, 4) is 17.1 Å². The molecule has 1 aliphatic carbocycles. The summed E-state index contributed by atoms with van der Waals surface area (Å²) in [6.45, 7) is 5.40. The third kappa shape index (κ3) is 9.47. The molecule has 0 unspecified atom stereocenters. The van der Waals surface area contributed by atoms with E-state index in [1.165, 1.54) is 89.0 Å². The van der Waals surface area contributed by atoms with E-state index in [4.69, 9.17) is 4.74 Å². The van der Waals surface area contributed by atoms with Gasteiger partial charge >= 0.3 is 0 Å². The Kier molecular flexibility index (Phi) is 11.8. The van der Waals surface area contributed by atoms with Crippen LogP contribution in [-0.4, -0.2) is 16.6 Å². The molecule has 3 nitrogen and oxygen atoms in total. The Bertz CT molecular complexity index is 748. The highest BCUT2D eigenvalue weighted by molar-refractivity contribution is 5.55. The Morgan fingerprint density at radius 1 is 0.727 bits per heavy atom. The van der Waals surface area contributed by atoms with Crippen LogP contribution in [0.3, 0.4) is 0 Å². The highest BCUT2D eigenvalue weighted by Gasteiger charge is 2.20. The summed E-state index contributed by atoms with van der Waals surface area (Å²) in [5.41, 5.74) is 2.30. The van der Waals surface area contributed by atoms with Crippen LogP contribution < -0.4 is 4.74 Å². The number of hydrogen-bond donors (Lipinski definition) is 0. The predicted molar refractivity (Wildman–Crippen MR) is 140 cm³/mol. The highest BCUT2D eigenvalue weighted by Crippen LogP contribution is 2.33. The Morgan fingerprint density at radius 3 is 2.03 bits per heavy atom. The first kappa shape index (κ1) is 25.7. The maximum absolute atomic E-state index is 6.01. The zero-order valence-electron chi connectivity index (χ0n) is 21.2. The summed E-state index contributed by atoms with van der Waals surface area (Å²) in [5.74, 6) is 3.67. The first-order valence-corrected chi connectivity index (χ1v) is 13.8. The third-order valence-corrected chi connectivity index (χ3v) is 7.33. The van der Waals surface area contributed by atoms with Crippen LogP contribution in [0.25, 0.3) is 11.4 Å². The van der Waals surface area contributed by atoms with E-state index in [2.05, 4.69) is 48.1 Å². The first-order valence-electron chi connectivity index (χ1n) is 13.8. The van der Waals surface area contributed by atoms with Crippen molar-refractivity contribution < 1.29 is 4.74 Å². The molecule has 3 heteroatoms. The van der Waals surface area contributed by atoms with Gasteiger partial charge in [0.15, 0.2) is 5.82 Å². The van der Waals surface area contributed by atoms with Crippen LogP contribution in [0.4, 0.5) is 0 Å². The van der Waals surface area contributed by atoms with E-state index in [1.807, 2.05) is 12.4 Å². The first-order chi connectivity index (χ1) is 16.3. The zero-order chi connectivity index (χ0) is 23.1. The van der Waals surface area contributed by atoms with Crippen LogP contribution in [-0.2, 0) is 6.42 Å². The zero-order valence-corrected chi connectivity index (χ0v) is 21.2. The summed E-state index contributed by atoms with van der Waals surface area (Å²) in [6.07, 6.45) is 24.0.